The molecule has 52 valence electrons. The zero-order valence-electron chi connectivity index (χ0n) is 6.05. The predicted molar refractivity (Wildman–Crippen MR) is 37.1 cm³/mol. The van der Waals surface area contributed by atoms with Gasteiger partial charge in [-0.05, 0) is 12.3 Å². The maximum Gasteiger partial charge on any atom is 0.234 e. The van der Waals surface area contributed by atoms with E-state index in [2.05, 4.69) is 18.8 Å². The van der Waals surface area contributed by atoms with Gasteiger partial charge in [0.05, 0.1) is 6.54 Å². The van der Waals surface area contributed by atoms with Crippen molar-refractivity contribution < 1.29 is 4.79 Å². The quantitative estimate of drug-likeness (QED) is 0.418. The van der Waals surface area contributed by atoms with E-state index in [9.17, 15) is 4.79 Å². The third-order valence-corrected chi connectivity index (χ3v) is 1.25. The van der Waals surface area contributed by atoms with Crippen molar-refractivity contribution in [1.29, 1.82) is 0 Å². The summed E-state index contributed by atoms with van der Waals surface area (Å²) in [7, 11) is 0. The van der Waals surface area contributed by atoms with E-state index >= 15 is 0 Å². The molecule has 2 nitrogen and oxygen atoms in total. The average molecular weight is 127 g/mol. The summed E-state index contributed by atoms with van der Waals surface area (Å²) in [5, 5.41) is 0. The first-order valence-corrected chi connectivity index (χ1v) is 3.34. The highest BCUT2D eigenvalue weighted by atomic mass is 16.1. The number of aliphatic imine (C=N–C) groups is 1. The molecular formula is C7H13NO. The number of isocyanates is 1. The van der Waals surface area contributed by atoms with Crippen LogP contribution in [0.25, 0.3) is 0 Å². The Morgan fingerprint density at radius 3 is 2.78 bits per heavy atom. The molecule has 9 heavy (non-hydrogen) atoms. The Bertz CT molecular complexity index is 105. The van der Waals surface area contributed by atoms with Gasteiger partial charge < -0.3 is 0 Å². The lowest BCUT2D eigenvalue weighted by atomic mass is 10.1. The molecule has 0 saturated heterocycles. The fraction of sp³-hybridized carbons (Fsp3) is 0.857. The van der Waals surface area contributed by atoms with Gasteiger partial charge in [-0.3, -0.25) is 0 Å². The second-order valence-corrected chi connectivity index (χ2v) is 2.33. The Morgan fingerprint density at radius 1 is 1.67 bits per heavy atom. The molecule has 0 rings (SSSR count). The van der Waals surface area contributed by atoms with Gasteiger partial charge in [-0.2, -0.15) is 0 Å². The van der Waals surface area contributed by atoms with Gasteiger partial charge in [0.25, 0.3) is 0 Å². The van der Waals surface area contributed by atoms with Gasteiger partial charge in [-0.15, -0.1) is 0 Å². The molecular weight excluding hydrogens is 114 g/mol. The third kappa shape index (κ3) is 5.25. The molecule has 0 aliphatic rings. The predicted octanol–water partition coefficient (Wildman–Crippen LogP) is 1.76. The van der Waals surface area contributed by atoms with Gasteiger partial charge in [0.15, 0.2) is 0 Å². The van der Waals surface area contributed by atoms with Crippen LogP contribution in [0.3, 0.4) is 0 Å². The number of hydrogen-bond acceptors (Lipinski definition) is 2. The zero-order chi connectivity index (χ0) is 7.11. The Morgan fingerprint density at radius 2 is 2.33 bits per heavy atom. The van der Waals surface area contributed by atoms with Gasteiger partial charge in [0, 0.05) is 0 Å². The Hall–Kier alpha value is -0.620. The molecule has 2 heteroatoms. The summed E-state index contributed by atoms with van der Waals surface area (Å²) in [5.74, 6) is 0.538. The average Bonchev–Trinajstić information content (AvgIpc) is 1.85. The Labute approximate surface area is 56.0 Å². The maximum absolute atomic E-state index is 9.62. The van der Waals surface area contributed by atoms with Crippen LogP contribution in [0.1, 0.15) is 26.7 Å². The van der Waals surface area contributed by atoms with E-state index in [-0.39, 0.29) is 0 Å². The van der Waals surface area contributed by atoms with Crippen molar-refractivity contribution in [2.24, 2.45) is 10.9 Å². The van der Waals surface area contributed by atoms with Crippen molar-refractivity contribution in [3.8, 4) is 0 Å². The molecule has 1 unspecified atom stereocenters. The summed E-state index contributed by atoms with van der Waals surface area (Å²) in [6, 6.07) is 0. The molecule has 0 bridgehead atoms. The number of hydrogen-bond donors (Lipinski definition) is 0. The second-order valence-electron chi connectivity index (χ2n) is 2.33. The summed E-state index contributed by atoms with van der Waals surface area (Å²) in [6.45, 7) is 4.85. The van der Waals surface area contributed by atoms with Gasteiger partial charge in [-0.1, -0.05) is 20.3 Å². The second kappa shape index (κ2) is 5.52. The van der Waals surface area contributed by atoms with Gasteiger partial charge in [0.2, 0.25) is 6.08 Å². The van der Waals surface area contributed by atoms with Crippen LogP contribution in [0.2, 0.25) is 0 Å². The molecule has 0 aliphatic heterocycles. The van der Waals surface area contributed by atoms with Crippen molar-refractivity contribution in [3.63, 3.8) is 0 Å². The highest BCUT2D eigenvalue weighted by molar-refractivity contribution is 5.32. The molecule has 0 aromatic heterocycles. The van der Waals surface area contributed by atoms with E-state index in [0.29, 0.717) is 12.5 Å². The van der Waals surface area contributed by atoms with Gasteiger partial charge in [0.1, 0.15) is 0 Å². The van der Waals surface area contributed by atoms with Crippen LogP contribution in [-0.2, 0) is 4.79 Å². The molecule has 0 heterocycles. The lowest BCUT2D eigenvalue weighted by Gasteiger charge is -2.02. The van der Waals surface area contributed by atoms with Gasteiger partial charge in [-0.25, -0.2) is 9.79 Å². The molecule has 0 radical (unpaired) electrons. The minimum atomic E-state index is 0.538. The molecule has 0 aromatic rings. The normalized spacial score (nSPS) is 12.2. The molecule has 0 spiro atoms. The van der Waals surface area contributed by atoms with Crippen LogP contribution in [0.15, 0.2) is 4.99 Å². The third-order valence-electron chi connectivity index (χ3n) is 1.25. The number of carbonyl (C=O) groups excluding carboxylic acids is 1. The topological polar surface area (TPSA) is 29.4 Å². The van der Waals surface area contributed by atoms with Crippen LogP contribution >= 0.6 is 0 Å². The van der Waals surface area contributed by atoms with E-state index in [0.717, 1.165) is 12.8 Å². The first-order chi connectivity index (χ1) is 4.31. The van der Waals surface area contributed by atoms with E-state index in [1.54, 1.807) is 0 Å². The van der Waals surface area contributed by atoms with E-state index in [4.69, 9.17) is 0 Å². The molecule has 0 aromatic carbocycles. The van der Waals surface area contributed by atoms with Crippen LogP contribution < -0.4 is 0 Å². The Balaban J connectivity index is 3.25. The minimum Gasteiger partial charge on any atom is -0.211 e. The smallest absolute Gasteiger partial charge is 0.211 e. The molecule has 0 aliphatic carbocycles. The van der Waals surface area contributed by atoms with Crippen LogP contribution in [0.4, 0.5) is 0 Å². The standard InChI is InChI=1S/C7H13NO/c1-3-4-7(2)5-8-6-9/h7H,3-5H2,1-2H3. The summed E-state index contributed by atoms with van der Waals surface area (Å²) >= 11 is 0. The number of nitrogens with zero attached hydrogens (tertiary/aromatic N) is 1. The molecule has 0 fully saturated rings. The summed E-state index contributed by atoms with van der Waals surface area (Å²) in [6.07, 6.45) is 3.84. The summed E-state index contributed by atoms with van der Waals surface area (Å²) in [4.78, 5) is 13.1. The van der Waals surface area contributed by atoms with E-state index < -0.39 is 0 Å². The lowest BCUT2D eigenvalue weighted by Crippen LogP contribution is -1.97. The van der Waals surface area contributed by atoms with Crippen molar-refractivity contribution in [3.05, 3.63) is 0 Å². The zero-order valence-corrected chi connectivity index (χ0v) is 6.05. The largest absolute Gasteiger partial charge is 0.234 e. The van der Waals surface area contributed by atoms with Crippen molar-refractivity contribution >= 4 is 6.08 Å². The molecule has 0 amide bonds. The SMILES string of the molecule is CCCC(C)CN=C=O. The monoisotopic (exact) mass is 127 g/mol. The Kier molecular flexibility index (Phi) is 5.14. The first kappa shape index (κ1) is 8.38. The van der Waals surface area contributed by atoms with Crippen molar-refractivity contribution in [2.75, 3.05) is 6.54 Å². The molecule has 1 atom stereocenters. The van der Waals surface area contributed by atoms with E-state index in [1.807, 2.05) is 0 Å². The molecule has 0 saturated carbocycles. The minimum absolute atomic E-state index is 0.538. The highest BCUT2D eigenvalue weighted by Gasteiger charge is 1.96. The fourth-order valence-electron chi connectivity index (χ4n) is 0.777. The summed E-state index contributed by atoms with van der Waals surface area (Å²) < 4.78 is 0. The summed E-state index contributed by atoms with van der Waals surface area (Å²) in [5.41, 5.74) is 0. The molecule has 0 N–H and O–H groups in total. The first-order valence-electron chi connectivity index (χ1n) is 3.34. The van der Waals surface area contributed by atoms with Crippen LogP contribution in [0.5, 0.6) is 0 Å². The van der Waals surface area contributed by atoms with Crippen LogP contribution in [0, 0.1) is 5.92 Å². The van der Waals surface area contributed by atoms with Crippen LogP contribution in [-0.4, -0.2) is 12.6 Å². The van der Waals surface area contributed by atoms with Crippen molar-refractivity contribution in [2.45, 2.75) is 26.7 Å². The van der Waals surface area contributed by atoms with Crippen molar-refractivity contribution in [1.82, 2.24) is 0 Å². The van der Waals surface area contributed by atoms with E-state index in [1.165, 1.54) is 6.08 Å². The maximum atomic E-state index is 9.62. The van der Waals surface area contributed by atoms with Gasteiger partial charge >= 0.3 is 0 Å². The number of rotatable bonds is 4. The highest BCUT2D eigenvalue weighted by Crippen LogP contribution is 2.03. The lowest BCUT2D eigenvalue weighted by molar-refractivity contribution is 0.526. The fourth-order valence-corrected chi connectivity index (χ4v) is 0.777.